The van der Waals surface area contributed by atoms with Crippen LogP contribution < -0.4 is 10.6 Å². The number of para-hydroxylation sites is 1. The van der Waals surface area contributed by atoms with Gasteiger partial charge in [0, 0.05) is 16.8 Å². The predicted molar refractivity (Wildman–Crippen MR) is 101 cm³/mol. The number of benzene rings is 2. The Kier molecular flexibility index (Phi) is 5.14. The average Bonchev–Trinajstić information content (AvgIpc) is 2.59. The summed E-state index contributed by atoms with van der Waals surface area (Å²) in [5, 5.41) is 6.25. The molecule has 0 saturated carbocycles. The number of nitrogens with zero attached hydrogens (tertiary/aromatic N) is 2. The molecule has 0 aliphatic heterocycles. The molecule has 0 aliphatic rings. The lowest BCUT2D eigenvalue weighted by Gasteiger charge is -2.11. The summed E-state index contributed by atoms with van der Waals surface area (Å²) >= 11 is 5.93. The van der Waals surface area contributed by atoms with Gasteiger partial charge in [-0.25, -0.2) is 14.4 Å². The molecule has 0 radical (unpaired) electrons. The molecule has 2 aromatic carbocycles. The van der Waals surface area contributed by atoms with Gasteiger partial charge in [-0.15, -0.1) is 0 Å². The van der Waals surface area contributed by atoms with Crippen LogP contribution in [-0.4, -0.2) is 15.9 Å². The lowest BCUT2D eigenvalue weighted by molar-refractivity contribution is 0.102. The van der Waals surface area contributed by atoms with Crippen LogP contribution in [-0.2, 0) is 0 Å². The summed E-state index contributed by atoms with van der Waals surface area (Å²) in [6.07, 6.45) is 0. The van der Waals surface area contributed by atoms with Gasteiger partial charge in [0.2, 0.25) is 0 Å². The van der Waals surface area contributed by atoms with E-state index in [1.807, 2.05) is 6.92 Å². The topological polar surface area (TPSA) is 66.9 Å². The van der Waals surface area contributed by atoms with Gasteiger partial charge in [-0.05, 0) is 49.7 Å². The van der Waals surface area contributed by atoms with Crippen molar-refractivity contribution in [1.82, 2.24) is 9.97 Å². The summed E-state index contributed by atoms with van der Waals surface area (Å²) in [5.41, 5.74) is 1.91. The van der Waals surface area contributed by atoms with Crippen molar-refractivity contribution in [3.63, 3.8) is 0 Å². The second-order valence-electron chi connectivity index (χ2n) is 5.70. The van der Waals surface area contributed by atoms with Crippen molar-refractivity contribution in [2.45, 2.75) is 13.8 Å². The van der Waals surface area contributed by atoms with Crippen LogP contribution in [0.5, 0.6) is 0 Å². The molecule has 1 amide bonds. The average molecular weight is 371 g/mol. The molecule has 3 aromatic rings. The number of halogens is 2. The Labute approximate surface area is 155 Å². The van der Waals surface area contributed by atoms with E-state index in [1.165, 1.54) is 12.1 Å². The molecule has 26 heavy (non-hydrogen) atoms. The fraction of sp³-hybridized carbons (Fsp3) is 0.105. The summed E-state index contributed by atoms with van der Waals surface area (Å²) in [5.74, 6) is -0.0750. The smallest absolute Gasteiger partial charge is 0.274 e. The van der Waals surface area contributed by atoms with E-state index in [4.69, 9.17) is 11.6 Å². The summed E-state index contributed by atoms with van der Waals surface area (Å²) in [4.78, 5) is 20.9. The van der Waals surface area contributed by atoms with Crippen LogP contribution in [0.2, 0.25) is 5.02 Å². The molecule has 0 bridgehead atoms. The Morgan fingerprint density at radius 1 is 1.04 bits per heavy atom. The van der Waals surface area contributed by atoms with Gasteiger partial charge in [-0.2, -0.15) is 0 Å². The van der Waals surface area contributed by atoms with Crippen LogP contribution in [0.3, 0.4) is 0 Å². The largest absolute Gasteiger partial charge is 0.338 e. The molecule has 2 N–H and O–H groups in total. The highest BCUT2D eigenvalue weighted by molar-refractivity contribution is 6.30. The van der Waals surface area contributed by atoms with Crippen molar-refractivity contribution in [2.24, 2.45) is 0 Å². The van der Waals surface area contributed by atoms with E-state index in [9.17, 15) is 9.18 Å². The second kappa shape index (κ2) is 7.49. The Morgan fingerprint density at radius 2 is 1.81 bits per heavy atom. The van der Waals surface area contributed by atoms with Crippen LogP contribution in [0.4, 0.5) is 21.6 Å². The molecule has 1 heterocycles. The Hall–Kier alpha value is -2.99. The maximum atomic E-state index is 13.8. The van der Waals surface area contributed by atoms with E-state index in [1.54, 1.807) is 43.3 Å². The molecule has 0 fully saturated rings. The third-order valence-electron chi connectivity index (χ3n) is 3.64. The van der Waals surface area contributed by atoms with Crippen LogP contribution in [0.25, 0.3) is 0 Å². The molecular formula is C19H16ClFN4O. The van der Waals surface area contributed by atoms with Crippen molar-refractivity contribution in [2.75, 3.05) is 10.6 Å². The minimum Gasteiger partial charge on any atom is -0.338 e. The minimum atomic E-state index is -0.411. The summed E-state index contributed by atoms with van der Waals surface area (Å²) in [7, 11) is 0. The fourth-order valence-corrected chi connectivity index (χ4v) is 2.63. The number of nitrogens with one attached hydrogen (secondary N) is 2. The number of anilines is 3. The maximum absolute atomic E-state index is 13.8. The fourth-order valence-electron chi connectivity index (χ4n) is 2.40. The van der Waals surface area contributed by atoms with Gasteiger partial charge in [-0.1, -0.05) is 23.7 Å². The molecular weight excluding hydrogens is 355 g/mol. The monoisotopic (exact) mass is 370 g/mol. The Morgan fingerprint density at radius 3 is 2.54 bits per heavy atom. The standard InChI is InChI=1S/C19H16ClFN4O/c1-11-9-13(20)7-8-15(11)25-19(26)17-10-18(23-12(2)22-17)24-16-6-4-3-5-14(16)21/h3-10H,1-2H3,(H,25,26)(H,22,23,24). The molecule has 132 valence electrons. The maximum Gasteiger partial charge on any atom is 0.274 e. The Balaban J connectivity index is 1.85. The van der Waals surface area contributed by atoms with Crippen LogP contribution in [0, 0.1) is 19.7 Å². The second-order valence-corrected chi connectivity index (χ2v) is 6.14. The summed E-state index contributed by atoms with van der Waals surface area (Å²) in [6, 6.07) is 12.9. The number of amides is 1. The number of hydrogen-bond donors (Lipinski definition) is 2. The van der Waals surface area contributed by atoms with Crippen molar-refractivity contribution < 1.29 is 9.18 Å². The molecule has 0 spiro atoms. The molecule has 7 heteroatoms. The van der Waals surface area contributed by atoms with Crippen molar-refractivity contribution in [1.29, 1.82) is 0 Å². The van der Waals surface area contributed by atoms with Gasteiger partial charge in [0.05, 0.1) is 5.69 Å². The van der Waals surface area contributed by atoms with E-state index < -0.39 is 11.7 Å². The SMILES string of the molecule is Cc1nc(Nc2ccccc2F)cc(C(=O)Nc2ccc(Cl)cc2C)n1. The van der Waals surface area contributed by atoms with Gasteiger partial charge in [0.15, 0.2) is 0 Å². The number of hydrogen-bond acceptors (Lipinski definition) is 4. The summed E-state index contributed by atoms with van der Waals surface area (Å²) < 4.78 is 13.8. The van der Waals surface area contributed by atoms with E-state index in [2.05, 4.69) is 20.6 Å². The number of aryl methyl sites for hydroxylation is 2. The van der Waals surface area contributed by atoms with E-state index in [-0.39, 0.29) is 11.4 Å². The van der Waals surface area contributed by atoms with E-state index in [0.29, 0.717) is 22.4 Å². The first kappa shape index (κ1) is 17.8. The third-order valence-corrected chi connectivity index (χ3v) is 3.88. The number of carbonyl (C=O) groups is 1. The first-order valence-electron chi connectivity index (χ1n) is 7.87. The van der Waals surface area contributed by atoms with Gasteiger partial charge < -0.3 is 10.6 Å². The zero-order valence-corrected chi connectivity index (χ0v) is 14.9. The van der Waals surface area contributed by atoms with Gasteiger partial charge in [-0.3, -0.25) is 4.79 Å². The van der Waals surface area contributed by atoms with Gasteiger partial charge in [0.1, 0.15) is 23.2 Å². The molecule has 3 rings (SSSR count). The van der Waals surface area contributed by atoms with Crippen molar-refractivity contribution >= 4 is 34.7 Å². The van der Waals surface area contributed by atoms with Gasteiger partial charge in [0.25, 0.3) is 5.91 Å². The highest BCUT2D eigenvalue weighted by atomic mass is 35.5. The van der Waals surface area contributed by atoms with Crippen molar-refractivity contribution in [3.8, 4) is 0 Å². The van der Waals surface area contributed by atoms with Crippen LogP contribution >= 0.6 is 11.6 Å². The first-order chi connectivity index (χ1) is 12.4. The summed E-state index contributed by atoms with van der Waals surface area (Å²) in [6.45, 7) is 3.51. The predicted octanol–water partition coefficient (Wildman–Crippen LogP) is 4.88. The first-order valence-corrected chi connectivity index (χ1v) is 8.25. The normalized spacial score (nSPS) is 10.5. The molecule has 5 nitrogen and oxygen atoms in total. The number of rotatable bonds is 4. The zero-order valence-electron chi connectivity index (χ0n) is 14.2. The van der Waals surface area contributed by atoms with Crippen molar-refractivity contribution in [3.05, 3.63) is 76.5 Å². The van der Waals surface area contributed by atoms with E-state index >= 15 is 0 Å². The number of carbonyl (C=O) groups excluding carboxylic acids is 1. The molecule has 0 atom stereocenters. The minimum absolute atomic E-state index is 0.172. The highest BCUT2D eigenvalue weighted by Crippen LogP contribution is 2.21. The lowest BCUT2D eigenvalue weighted by atomic mass is 10.2. The molecule has 0 unspecified atom stereocenters. The van der Waals surface area contributed by atoms with Crippen LogP contribution in [0.15, 0.2) is 48.5 Å². The van der Waals surface area contributed by atoms with E-state index in [0.717, 1.165) is 5.56 Å². The lowest BCUT2D eigenvalue weighted by Crippen LogP contribution is -2.16. The number of aromatic nitrogens is 2. The molecule has 0 saturated heterocycles. The quantitative estimate of drug-likeness (QED) is 0.686. The molecule has 1 aromatic heterocycles. The van der Waals surface area contributed by atoms with Gasteiger partial charge >= 0.3 is 0 Å². The Bertz CT molecular complexity index is 978. The van der Waals surface area contributed by atoms with Crippen LogP contribution in [0.1, 0.15) is 21.9 Å². The highest BCUT2D eigenvalue weighted by Gasteiger charge is 2.13. The molecule has 0 aliphatic carbocycles. The zero-order chi connectivity index (χ0) is 18.7. The third kappa shape index (κ3) is 4.15.